The standard InChI is InChI=1S/C13H16ClN3O4/c14-10-5-8(12(19)16-7-11(15)18)6-17-13(10)21-9-1-3-20-4-2-9/h5-6,9H,1-4,7H2,(H2,15,18)(H,16,19). The number of carbonyl (C=O) groups excluding carboxylic acids is 2. The van der Waals surface area contributed by atoms with Gasteiger partial charge >= 0.3 is 0 Å². The monoisotopic (exact) mass is 313 g/mol. The third kappa shape index (κ3) is 4.57. The average molecular weight is 314 g/mol. The number of aromatic nitrogens is 1. The first kappa shape index (κ1) is 15.5. The van der Waals surface area contributed by atoms with E-state index in [2.05, 4.69) is 10.3 Å². The number of nitrogens with two attached hydrogens (primary N) is 1. The van der Waals surface area contributed by atoms with Crippen LogP contribution in [0, 0.1) is 0 Å². The Kier molecular flexibility index (Phi) is 5.35. The van der Waals surface area contributed by atoms with Gasteiger partial charge in [0.15, 0.2) is 0 Å². The second kappa shape index (κ2) is 7.24. The molecule has 1 aliphatic heterocycles. The molecule has 1 aliphatic rings. The molecule has 0 unspecified atom stereocenters. The van der Waals surface area contributed by atoms with Crippen molar-refractivity contribution in [2.24, 2.45) is 5.73 Å². The van der Waals surface area contributed by atoms with Crippen LogP contribution in [0.4, 0.5) is 0 Å². The summed E-state index contributed by atoms with van der Waals surface area (Å²) in [6, 6.07) is 1.44. The highest BCUT2D eigenvalue weighted by Gasteiger charge is 2.18. The molecule has 0 saturated carbocycles. The van der Waals surface area contributed by atoms with Crippen molar-refractivity contribution in [1.29, 1.82) is 0 Å². The first-order chi connectivity index (χ1) is 10.1. The fourth-order valence-electron chi connectivity index (χ4n) is 1.86. The van der Waals surface area contributed by atoms with Gasteiger partial charge in [-0.05, 0) is 6.07 Å². The number of carbonyl (C=O) groups is 2. The van der Waals surface area contributed by atoms with Crippen LogP contribution in [0.3, 0.4) is 0 Å². The molecule has 1 fully saturated rings. The van der Waals surface area contributed by atoms with Crippen molar-refractivity contribution < 1.29 is 19.1 Å². The maximum Gasteiger partial charge on any atom is 0.253 e. The van der Waals surface area contributed by atoms with Crippen LogP contribution < -0.4 is 15.8 Å². The zero-order valence-electron chi connectivity index (χ0n) is 11.3. The van der Waals surface area contributed by atoms with Crippen LogP contribution >= 0.6 is 11.6 Å². The summed E-state index contributed by atoms with van der Waals surface area (Å²) in [5.74, 6) is -0.808. The smallest absolute Gasteiger partial charge is 0.253 e. The van der Waals surface area contributed by atoms with Gasteiger partial charge in [-0.1, -0.05) is 11.6 Å². The molecule has 3 N–H and O–H groups in total. The SMILES string of the molecule is NC(=O)CNC(=O)c1cnc(OC2CCOCC2)c(Cl)c1. The van der Waals surface area contributed by atoms with Crippen molar-refractivity contribution in [3.05, 3.63) is 22.8 Å². The number of nitrogens with zero attached hydrogens (tertiary/aromatic N) is 1. The number of nitrogens with one attached hydrogen (secondary N) is 1. The van der Waals surface area contributed by atoms with E-state index in [9.17, 15) is 9.59 Å². The van der Waals surface area contributed by atoms with Crippen molar-refractivity contribution >= 4 is 23.4 Å². The quantitative estimate of drug-likeness (QED) is 0.824. The Bertz CT molecular complexity index is 532. The first-order valence-electron chi connectivity index (χ1n) is 6.52. The second-order valence-corrected chi connectivity index (χ2v) is 5.00. The highest BCUT2D eigenvalue weighted by Crippen LogP contribution is 2.25. The minimum absolute atomic E-state index is 0.0123. The molecule has 8 heteroatoms. The Morgan fingerprint density at radius 3 is 2.81 bits per heavy atom. The van der Waals surface area contributed by atoms with Crippen molar-refractivity contribution in [2.45, 2.75) is 18.9 Å². The molecule has 0 aliphatic carbocycles. The molecule has 2 rings (SSSR count). The van der Waals surface area contributed by atoms with Gasteiger partial charge in [-0.2, -0.15) is 0 Å². The molecular formula is C13H16ClN3O4. The number of halogens is 1. The van der Waals surface area contributed by atoms with Crippen molar-refractivity contribution in [2.75, 3.05) is 19.8 Å². The van der Waals surface area contributed by atoms with E-state index in [1.165, 1.54) is 12.3 Å². The van der Waals surface area contributed by atoms with Crippen LogP contribution in [0.2, 0.25) is 5.02 Å². The molecular weight excluding hydrogens is 298 g/mol. The first-order valence-corrected chi connectivity index (χ1v) is 6.90. The Hall–Kier alpha value is -1.86. The van der Waals surface area contributed by atoms with E-state index in [1.807, 2.05) is 0 Å². The largest absolute Gasteiger partial charge is 0.473 e. The Morgan fingerprint density at radius 2 is 2.19 bits per heavy atom. The van der Waals surface area contributed by atoms with E-state index in [4.69, 9.17) is 26.8 Å². The number of hydrogen-bond acceptors (Lipinski definition) is 5. The minimum Gasteiger partial charge on any atom is -0.473 e. The molecule has 2 amide bonds. The average Bonchev–Trinajstić information content (AvgIpc) is 2.48. The number of primary amides is 1. The van der Waals surface area contributed by atoms with Gasteiger partial charge in [-0.25, -0.2) is 4.98 Å². The van der Waals surface area contributed by atoms with Crippen molar-refractivity contribution in [3.8, 4) is 5.88 Å². The fourth-order valence-corrected chi connectivity index (χ4v) is 2.07. The number of pyridine rings is 1. The molecule has 21 heavy (non-hydrogen) atoms. The summed E-state index contributed by atoms with van der Waals surface area (Å²) in [4.78, 5) is 26.4. The molecule has 1 saturated heterocycles. The van der Waals surface area contributed by atoms with Crippen molar-refractivity contribution in [1.82, 2.24) is 10.3 Å². The third-order valence-electron chi connectivity index (χ3n) is 2.94. The Labute approximate surface area is 126 Å². The molecule has 0 bridgehead atoms. The summed E-state index contributed by atoms with van der Waals surface area (Å²) >= 11 is 6.07. The van der Waals surface area contributed by atoms with Crippen LogP contribution in [-0.4, -0.2) is 42.7 Å². The maximum atomic E-state index is 11.7. The van der Waals surface area contributed by atoms with Gasteiger partial charge in [0.25, 0.3) is 5.91 Å². The van der Waals surface area contributed by atoms with E-state index in [0.29, 0.717) is 13.2 Å². The van der Waals surface area contributed by atoms with Gasteiger partial charge in [0.2, 0.25) is 11.8 Å². The molecule has 2 heterocycles. The number of hydrogen-bond donors (Lipinski definition) is 2. The summed E-state index contributed by atoms with van der Waals surface area (Å²) in [5, 5.41) is 2.60. The number of rotatable bonds is 5. The lowest BCUT2D eigenvalue weighted by molar-refractivity contribution is -0.117. The molecule has 1 aromatic heterocycles. The topological polar surface area (TPSA) is 104 Å². The van der Waals surface area contributed by atoms with Crippen molar-refractivity contribution in [3.63, 3.8) is 0 Å². The molecule has 0 atom stereocenters. The normalized spacial score (nSPS) is 15.5. The molecule has 1 aromatic rings. The third-order valence-corrected chi connectivity index (χ3v) is 3.21. The zero-order chi connectivity index (χ0) is 15.2. The van der Waals surface area contributed by atoms with E-state index in [0.717, 1.165) is 12.8 Å². The summed E-state index contributed by atoms with van der Waals surface area (Å²) in [7, 11) is 0. The lowest BCUT2D eigenvalue weighted by atomic mass is 10.1. The van der Waals surface area contributed by atoms with Gasteiger partial charge in [0.05, 0.1) is 25.3 Å². The van der Waals surface area contributed by atoms with E-state index >= 15 is 0 Å². The van der Waals surface area contributed by atoms with E-state index in [1.54, 1.807) is 0 Å². The van der Waals surface area contributed by atoms with Crippen LogP contribution in [0.15, 0.2) is 12.3 Å². The maximum absolute atomic E-state index is 11.7. The minimum atomic E-state index is -0.623. The van der Waals surface area contributed by atoms with Crippen LogP contribution in [0.5, 0.6) is 5.88 Å². The van der Waals surface area contributed by atoms with Gasteiger partial charge in [-0.3, -0.25) is 9.59 Å². The molecule has 0 aromatic carbocycles. The van der Waals surface area contributed by atoms with Crippen LogP contribution in [0.25, 0.3) is 0 Å². The Balaban J connectivity index is 1.99. The lowest BCUT2D eigenvalue weighted by Crippen LogP contribution is -2.33. The van der Waals surface area contributed by atoms with Gasteiger partial charge in [0.1, 0.15) is 11.1 Å². The predicted molar refractivity (Wildman–Crippen MR) is 75.2 cm³/mol. The zero-order valence-corrected chi connectivity index (χ0v) is 12.1. The van der Waals surface area contributed by atoms with Crippen LogP contribution in [-0.2, 0) is 9.53 Å². The molecule has 114 valence electrons. The molecule has 7 nitrogen and oxygen atoms in total. The highest BCUT2D eigenvalue weighted by molar-refractivity contribution is 6.32. The predicted octanol–water partition coefficient (Wildman–Crippen LogP) is 0.508. The van der Waals surface area contributed by atoms with Crippen LogP contribution in [0.1, 0.15) is 23.2 Å². The second-order valence-electron chi connectivity index (χ2n) is 4.59. The summed E-state index contributed by atoms with van der Waals surface area (Å²) in [6.07, 6.45) is 2.91. The Morgan fingerprint density at radius 1 is 1.48 bits per heavy atom. The van der Waals surface area contributed by atoms with Gasteiger partial charge in [-0.15, -0.1) is 0 Å². The van der Waals surface area contributed by atoms with E-state index < -0.39 is 11.8 Å². The fraction of sp³-hybridized carbons (Fsp3) is 0.462. The number of ether oxygens (including phenoxy) is 2. The van der Waals surface area contributed by atoms with Gasteiger partial charge in [0, 0.05) is 19.0 Å². The van der Waals surface area contributed by atoms with Gasteiger partial charge < -0.3 is 20.5 Å². The number of amides is 2. The highest BCUT2D eigenvalue weighted by atomic mass is 35.5. The summed E-state index contributed by atoms with van der Waals surface area (Å²) in [6.45, 7) is 1.06. The summed E-state index contributed by atoms with van der Waals surface area (Å²) in [5.41, 5.74) is 5.19. The summed E-state index contributed by atoms with van der Waals surface area (Å²) < 4.78 is 10.9. The van der Waals surface area contributed by atoms with E-state index in [-0.39, 0.29) is 29.1 Å². The lowest BCUT2D eigenvalue weighted by Gasteiger charge is -2.23. The molecule has 0 radical (unpaired) electrons. The molecule has 0 spiro atoms.